The molecule has 4 nitrogen and oxygen atoms in total. The van der Waals surface area contributed by atoms with Gasteiger partial charge in [0, 0.05) is 0 Å². The second-order valence-corrected chi connectivity index (χ2v) is 3.64. The first-order valence-electron chi connectivity index (χ1n) is 5.44. The Labute approximate surface area is 104 Å². The summed E-state index contributed by atoms with van der Waals surface area (Å²) < 4.78 is 18.1. The van der Waals surface area contributed by atoms with Crippen LogP contribution in [-0.4, -0.2) is 24.1 Å². The van der Waals surface area contributed by atoms with Crippen LogP contribution >= 0.6 is 0 Å². The maximum atomic E-state index is 13.4. The van der Waals surface area contributed by atoms with Crippen molar-refractivity contribution in [2.45, 2.75) is 13.8 Å². The molecule has 0 heterocycles. The van der Waals surface area contributed by atoms with Crippen molar-refractivity contribution in [1.82, 2.24) is 0 Å². The molecule has 1 aromatic carbocycles. The molecule has 0 amide bonds. The summed E-state index contributed by atoms with van der Waals surface area (Å²) in [6.45, 7) is 2.70. The van der Waals surface area contributed by atoms with E-state index in [1.807, 2.05) is 0 Å². The number of carbonyl (C=O) groups excluding carboxylic acids is 3. The third-order valence-corrected chi connectivity index (χ3v) is 2.33. The zero-order chi connectivity index (χ0) is 13.7. The normalized spacial score (nSPS) is 11.7. The number of ketones is 2. The SMILES string of the molecule is CCOC(=O)[C@@H](C(C)=O)C(=O)c1ccccc1F. The lowest BCUT2D eigenvalue weighted by atomic mass is 9.94. The Morgan fingerprint density at radius 1 is 1.28 bits per heavy atom. The lowest BCUT2D eigenvalue weighted by molar-refractivity contribution is -0.148. The van der Waals surface area contributed by atoms with Crippen LogP contribution in [0.1, 0.15) is 24.2 Å². The summed E-state index contributed by atoms with van der Waals surface area (Å²) in [7, 11) is 0. The van der Waals surface area contributed by atoms with Crippen LogP contribution < -0.4 is 0 Å². The highest BCUT2D eigenvalue weighted by molar-refractivity contribution is 6.22. The quantitative estimate of drug-likeness (QED) is 0.455. The monoisotopic (exact) mass is 252 g/mol. The highest BCUT2D eigenvalue weighted by Crippen LogP contribution is 2.15. The minimum atomic E-state index is -1.60. The minimum absolute atomic E-state index is 0.0488. The van der Waals surface area contributed by atoms with Gasteiger partial charge in [-0.05, 0) is 26.0 Å². The zero-order valence-corrected chi connectivity index (χ0v) is 10.1. The molecule has 0 N–H and O–H groups in total. The summed E-state index contributed by atoms with van der Waals surface area (Å²) in [6, 6.07) is 5.19. The molecule has 5 heteroatoms. The van der Waals surface area contributed by atoms with Crippen molar-refractivity contribution in [2.24, 2.45) is 5.92 Å². The number of benzene rings is 1. The molecule has 0 saturated carbocycles. The molecule has 0 aliphatic carbocycles. The first kappa shape index (κ1) is 14.0. The number of halogens is 1. The molecule has 0 saturated heterocycles. The van der Waals surface area contributed by atoms with E-state index in [2.05, 4.69) is 4.74 Å². The van der Waals surface area contributed by atoms with Gasteiger partial charge in [-0.25, -0.2) is 4.39 Å². The van der Waals surface area contributed by atoms with Gasteiger partial charge < -0.3 is 4.74 Å². The van der Waals surface area contributed by atoms with Gasteiger partial charge in [-0.2, -0.15) is 0 Å². The Hall–Kier alpha value is -2.04. The molecule has 0 aromatic heterocycles. The van der Waals surface area contributed by atoms with E-state index in [4.69, 9.17) is 0 Å². The summed E-state index contributed by atoms with van der Waals surface area (Å²) in [5, 5.41) is 0. The van der Waals surface area contributed by atoms with E-state index in [0.29, 0.717) is 0 Å². The molecule has 0 spiro atoms. The molecule has 0 aliphatic heterocycles. The van der Waals surface area contributed by atoms with Crippen molar-refractivity contribution >= 4 is 17.5 Å². The van der Waals surface area contributed by atoms with Gasteiger partial charge in [0.15, 0.2) is 17.5 Å². The van der Waals surface area contributed by atoms with E-state index in [-0.39, 0.29) is 12.2 Å². The summed E-state index contributed by atoms with van der Waals surface area (Å²) in [5.41, 5.74) is -0.286. The predicted octanol–water partition coefficient (Wildman–Crippen LogP) is 1.78. The Kier molecular flexibility index (Phi) is 4.71. The number of hydrogen-bond donors (Lipinski definition) is 0. The van der Waals surface area contributed by atoms with Crippen molar-refractivity contribution < 1.29 is 23.5 Å². The van der Waals surface area contributed by atoms with Crippen LogP contribution in [0.5, 0.6) is 0 Å². The highest BCUT2D eigenvalue weighted by atomic mass is 19.1. The molecule has 0 fully saturated rings. The first-order chi connectivity index (χ1) is 8.49. The van der Waals surface area contributed by atoms with Crippen LogP contribution in [0.15, 0.2) is 24.3 Å². The van der Waals surface area contributed by atoms with Gasteiger partial charge in [0.05, 0.1) is 12.2 Å². The molecule has 1 aromatic rings. The summed E-state index contributed by atoms with van der Waals surface area (Å²) in [6.07, 6.45) is 0. The van der Waals surface area contributed by atoms with Crippen molar-refractivity contribution in [3.8, 4) is 0 Å². The standard InChI is InChI=1S/C13H13FO4/c1-3-18-13(17)11(8(2)15)12(16)9-6-4-5-7-10(9)14/h4-7,11H,3H2,1-2H3/t11-/m0/s1. The molecule has 0 radical (unpaired) electrons. The van der Waals surface area contributed by atoms with Gasteiger partial charge in [0.1, 0.15) is 5.82 Å². The number of Topliss-reactive ketones (excluding diaryl/α,β-unsaturated/α-hetero) is 2. The van der Waals surface area contributed by atoms with Crippen LogP contribution in [0.25, 0.3) is 0 Å². The fourth-order valence-corrected chi connectivity index (χ4v) is 1.50. The van der Waals surface area contributed by atoms with Crippen molar-refractivity contribution in [3.05, 3.63) is 35.6 Å². The topological polar surface area (TPSA) is 60.4 Å². The van der Waals surface area contributed by atoms with E-state index in [1.165, 1.54) is 18.2 Å². The molecule has 96 valence electrons. The zero-order valence-electron chi connectivity index (χ0n) is 10.1. The number of hydrogen-bond acceptors (Lipinski definition) is 4. The van der Waals surface area contributed by atoms with Gasteiger partial charge in [0.2, 0.25) is 0 Å². The fourth-order valence-electron chi connectivity index (χ4n) is 1.50. The Morgan fingerprint density at radius 3 is 2.39 bits per heavy atom. The summed E-state index contributed by atoms with van der Waals surface area (Å²) in [5.74, 6) is -4.85. The summed E-state index contributed by atoms with van der Waals surface area (Å²) >= 11 is 0. The average Bonchev–Trinajstić information content (AvgIpc) is 2.29. The maximum Gasteiger partial charge on any atom is 0.324 e. The second kappa shape index (κ2) is 6.05. The van der Waals surface area contributed by atoms with Crippen LogP contribution in [0.2, 0.25) is 0 Å². The van der Waals surface area contributed by atoms with Crippen molar-refractivity contribution in [1.29, 1.82) is 0 Å². The first-order valence-corrected chi connectivity index (χ1v) is 5.44. The lowest BCUT2D eigenvalue weighted by Gasteiger charge is -2.11. The second-order valence-electron chi connectivity index (χ2n) is 3.64. The third kappa shape index (κ3) is 3.00. The van der Waals surface area contributed by atoms with E-state index < -0.39 is 29.3 Å². The van der Waals surface area contributed by atoms with E-state index in [9.17, 15) is 18.8 Å². The largest absolute Gasteiger partial charge is 0.465 e. The molecule has 18 heavy (non-hydrogen) atoms. The van der Waals surface area contributed by atoms with Gasteiger partial charge >= 0.3 is 5.97 Å². The van der Waals surface area contributed by atoms with Gasteiger partial charge in [-0.1, -0.05) is 12.1 Å². The van der Waals surface area contributed by atoms with Gasteiger partial charge in [0.25, 0.3) is 0 Å². The van der Waals surface area contributed by atoms with Gasteiger partial charge in [-0.3, -0.25) is 14.4 Å². The molecule has 0 unspecified atom stereocenters. The predicted molar refractivity (Wildman–Crippen MR) is 61.5 cm³/mol. The Bertz CT molecular complexity index is 482. The number of ether oxygens (including phenoxy) is 1. The van der Waals surface area contributed by atoms with Gasteiger partial charge in [-0.15, -0.1) is 0 Å². The molecule has 1 atom stereocenters. The highest BCUT2D eigenvalue weighted by Gasteiger charge is 2.34. The molecule has 1 rings (SSSR count). The van der Waals surface area contributed by atoms with E-state index in [1.54, 1.807) is 6.92 Å². The molecule has 0 bridgehead atoms. The van der Waals surface area contributed by atoms with E-state index in [0.717, 1.165) is 13.0 Å². The van der Waals surface area contributed by atoms with Crippen LogP contribution in [0.4, 0.5) is 4.39 Å². The van der Waals surface area contributed by atoms with Crippen LogP contribution in [0.3, 0.4) is 0 Å². The van der Waals surface area contributed by atoms with Crippen LogP contribution in [-0.2, 0) is 14.3 Å². The maximum absolute atomic E-state index is 13.4. The molecular formula is C13H13FO4. The van der Waals surface area contributed by atoms with E-state index >= 15 is 0 Å². The Balaban J connectivity index is 3.08. The Morgan fingerprint density at radius 2 is 1.89 bits per heavy atom. The molecular weight excluding hydrogens is 239 g/mol. The molecule has 0 aliphatic rings. The minimum Gasteiger partial charge on any atom is -0.465 e. The number of rotatable bonds is 5. The lowest BCUT2D eigenvalue weighted by Crippen LogP contribution is -2.32. The average molecular weight is 252 g/mol. The van der Waals surface area contributed by atoms with Crippen molar-refractivity contribution in [3.63, 3.8) is 0 Å². The number of esters is 1. The number of carbonyl (C=O) groups is 3. The van der Waals surface area contributed by atoms with Crippen LogP contribution in [0, 0.1) is 11.7 Å². The third-order valence-electron chi connectivity index (χ3n) is 2.33. The van der Waals surface area contributed by atoms with Crippen molar-refractivity contribution in [2.75, 3.05) is 6.61 Å². The fraction of sp³-hybridized carbons (Fsp3) is 0.308. The smallest absolute Gasteiger partial charge is 0.324 e. The summed E-state index contributed by atoms with van der Waals surface area (Å²) in [4.78, 5) is 34.8.